The quantitative estimate of drug-likeness (QED) is 0.764. The highest BCUT2D eigenvalue weighted by molar-refractivity contribution is 5.69. The van der Waals surface area contributed by atoms with E-state index in [0.717, 1.165) is 24.5 Å². The fourth-order valence-corrected chi connectivity index (χ4v) is 2.41. The van der Waals surface area contributed by atoms with Gasteiger partial charge in [-0.3, -0.25) is 0 Å². The van der Waals surface area contributed by atoms with Crippen LogP contribution in [0.2, 0.25) is 0 Å². The first-order valence-corrected chi connectivity index (χ1v) is 6.30. The molecule has 0 amide bonds. The van der Waals surface area contributed by atoms with E-state index in [2.05, 4.69) is 21.1 Å². The van der Waals surface area contributed by atoms with Gasteiger partial charge in [-0.05, 0) is 19.9 Å². The monoisotopic (exact) mass is 257 g/mol. The Labute approximate surface area is 111 Å². The van der Waals surface area contributed by atoms with Gasteiger partial charge in [0.15, 0.2) is 11.5 Å². The van der Waals surface area contributed by atoms with Crippen LogP contribution in [-0.4, -0.2) is 40.9 Å². The number of anilines is 1. The maximum atomic E-state index is 9.42. The maximum Gasteiger partial charge on any atom is 0.175 e. The fraction of sp³-hybridized carbons (Fsp3) is 0.462. The van der Waals surface area contributed by atoms with Gasteiger partial charge in [0.25, 0.3) is 0 Å². The largest absolute Gasteiger partial charge is 0.378 e. The molecule has 6 nitrogen and oxygen atoms in total. The Bertz CT molecular complexity index is 664. The molecule has 1 aliphatic rings. The number of hydrogen-bond acceptors (Lipinski definition) is 5. The predicted molar refractivity (Wildman–Crippen MR) is 70.2 cm³/mol. The molecule has 0 radical (unpaired) electrons. The minimum Gasteiger partial charge on any atom is -0.378 e. The van der Waals surface area contributed by atoms with Crippen LogP contribution in [0.1, 0.15) is 17.0 Å². The summed E-state index contributed by atoms with van der Waals surface area (Å²) in [5.41, 5.74) is 3.07. The van der Waals surface area contributed by atoms with Gasteiger partial charge in [0, 0.05) is 24.5 Å². The lowest BCUT2D eigenvalue weighted by molar-refractivity contribution is 0.122. The number of rotatable bonds is 1. The van der Waals surface area contributed by atoms with Gasteiger partial charge in [0.2, 0.25) is 0 Å². The van der Waals surface area contributed by atoms with Gasteiger partial charge in [0.1, 0.15) is 11.6 Å². The normalized spacial score (nSPS) is 15.7. The molecule has 19 heavy (non-hydrogen) atoms. The first kappa shape index (κ1) is 11.9. The number of nitrogens with zero attached hydrogens (tertiary/aromatic N) is 5. The highest BCUT2D eigenvalue weighted by Crippen LogP contribution is 2.24. The van der Waals surface area contributed by atoms with Crippen LogP contribution in [0.3, 0.4) is 0 Å². The zero-order valence-electron chi connectivity index (χ0n) is 11.1. The second-order valence-electron chi connectivity index (χ2n) is 4.68. The Morgan fingerprint density at radius 1 is 1.32 bits per heavy atom. The van der Waals surface area contributed by atoms with E-state index < -0.39 is 0 Å². The van der Waals surface area contributed by atoms with Gasteiger partial charge < -0.3 is 9.64 Å². The van der Waals surface area contributed by atoms with Gasteiger partial charge in [-0.1, -0.05) is 0 Å². The molecule has 2 aromatic rings. The van der Waals surface area contributed by atoms with Crippen molar-refractivity contribution in [2.24, 2.45) is 0 Å². The van der Waals surface area contributed by atoms with E-state index in [1.54, 1.807) is 4.52 Å². The van der Waals surface area contributed by atoms with Crippen molar-refractivity contribution >= 4 is 11.5 Å². The second-order valence-corrected chi connectivity index (χ2v) is 4.68. The lowest BCUT2D eigenvalue weighted by atomic mass is 10.3. The zero-order chi connectivity index (χ0) is 13.4. The Balaban J connectivity index is 2.19. The Kier molecular flexibility index (Phi) is 2.84. The molecule has 0 aliphatic carbocycles. The van der Waals surface area contributed by atoms with Gasteiger partial charge >= 0.3 is 0 Å². The molecule has 1 fully saturated rings. The molecular weight excluding hydrogens is 242 g/mol. The van der Waals surface area contributed by atoms with Crippen molar-refractivity contribution in [3.63, 3.8) is 0 Å². The van der Waals surface area contributed by atoms with Crippen LogP contribution in [-0.2, 0) is 4.74 Å². The summed E-state index contributed by atoms with van der Waals surface area (Å²) in [6, 6.07) is 4.20. The van der Waals surface area contributed by atoms with E-state index in [1.165, 1.54) is 0 Å². The fourth-order valence-electron chi connectivity index (χ4n) is 2.41. The smallest absolute Gasteiger partial charge is 0.175 e. The second kappa shape index (κ2) is 4.52. The molecular formula is C13H15N5O. The van der Waals surface area contributed by atoms with Crippen LogP contribution in [0.25, 0.3) is 5.65 Å². The first-order chi connectivity index (χ1) is 9.20. The topological polar surface area (TPSA) is 66.5 Å². The third kappa shape index (κ3) is 1.92. The summed E-state index contributed by atoms with van der Waals surface area (Å²) >= 11 is 0. The van der Waals surface area contributed by atoms with E-state index in [9.17, 15) is 5.26 Å². The number of morpholine rings is 1. The van der Waals surface area contributed by atoms with Gasteiger partial charge in [0.05, 0.1) is 13.2 Å². The Hall–Kier alpha value is -2.13. The predicted octanol–water partition coefficient (Wildman–Crippen LogP) is 1.05. The summed E-state index contributed by atoms with van der Waals surface area (Å²) in [5.74, 6) is 0.715. The SMILES string of the molecule is Cc1cc(C)n2nc(N3CCOCC3)c(C#N)c2n1. The summed E-state index contributed by atoms with van der Waals surface area (Å²) < 4.78 is 7.08. The molecule has 0 aromatic carbocycles. The molecule has 0 saturated carbocycles. The number of aryl methyl sites for hydroxylation is 2. The van der Waals surface area contributed by atoms with Crippen LogP contribution >= 0.6 is 0 Å². The average molecular weight is 257 g/mol. The van der Waals surface area contributed by atoms with Crippen LogP contribution in [0.4, 0.5) is 5.82 Å². The third-order valence-corrected chi connectivity index (χ3v) is 3.30. The molecule has 6 heteroatoms. The van der Waals surface area contributed by atoms with Crippen molar-refractivity contribution in [3.05, 3.63) is 23.0 Å². The molecule has 0 bridgehead atoms. The lowest BCUT2D eigenvalue weighted by Gasteiger charge is -2.26. The van der Waals surface area contributed by atoms with Crippen molar-refractivity contribution < 1.29 is 4.74 Å². The standard InChI is InChI=1S/C13H15N5O/c1-9-7-10(2)18-12(15-9)11(8-14)13(16-18)17-3-5-19-6-4-17/h7H,3-6H2,1-2H3. The minimum atomic E-state index is 0.550. The van der Waals surface area contributed by atoms with E-state index in [4.69, 9.17) is 4.74 Å². The maximum absolute atomic E-state index is 9.42. The van der Waals surface area contributed by atoms with Crippen molar-refractivity contribution in [1.82, 2.24) is 14.6 Å². The summed E-state index contributed by atoms with van der Waals surface area (Å²) in [5, 5.41) is 14.0. The summed E-state index contributed by atoms with van der Waals surface area (Å²) in [6.07, 6.45) is 0. The van der Waals surface area contributed by atoms with Crippen LogP contribution in [0.15, 0.2) is 6.07 Å². The molecule has 1 saturated heterocycles. The number of nitriles is 1. The van der Waals surface area contributed by atoms with Crippen molar-refractivity contribution in [2.75, 3.05) is 31.2 Å². The summed E-state index contributed by atoms with van der Waals surface area (Å²) in [7, 11) is 0. The Morgan fingerprint density at radius 2 is 2.05 bits per heavy atom. The molecule has 0 atom stereocenters. The molecule has 98 valence electrons. The molecule has 3 rings (SSSR count). The molecule has 1 aliphatic heterocycles. The van der Waals surface area contributed by atoms with Crippen LogP contribution in [0.5, 0.6) is 0 Å². The van der Waals surface area contributed by atoms with Crippen molar-refractivity contribution in [3.8, 4) is 6.07 Å². The van der Waals surface area contributed by atoms with Crippen molar-refractivity contribution in [2.45, 2.75) is 13.8 Å². The molecule has 0 N–H and O–H groups in total. The highest BCUT2D eigenvalue weighted by atomic mass is 16.5. The Morgan fingerprint density at radius 3 is 2.74 bits per heavy atom. The summed E-state index contributed by atoms with van der Waals surface area (Å²) in [6.45, 7) is 6.76. The number of ether oxygens (including phenoxy) is 1. The van der Waals surface area contributed by atoms with Crippen LogP contribution < -0.4 is 4.90 Å². The van der Waals surface area contributed by atoms with Crippen LogP contribution in [0, 0.1) is 25.2 Å². The molecule has 3 heterocycles. The van der Waals surface area contributed by atoms with Gasteiger partial charge in [-0.15, -0.1) is 5.10 Å². The summed E-state index contributed by atoms with van der Waals surface area (Å²) in [4.78, 5) is 6.53. The first-order valence-electron chi connectivity index (χ1n) is 6.30. The molecule has 0 spiro atoms. The zero-order valence-corrected chi connectivity index (χ0v) is 11.1. The minimum absolute atomic E-state index is 0.550. The van der Waals surface area contributed by atoms with Gasteiger partial charge in [-0.2, -0.15) is 5.26 Å². The number of hydrogen-bond donors (Lipinski definition) is 0. The van der Waals surface area contributed by atoms with E-state index in [1.807, 2.05) is 19.9 Å². The van der Waals surface area contributed by atoms with E-state index >= 15 is 0 Å². The van der Waals surface area contributed by atoms with E-state index in [-0.39, 0.29) is 0 Å². The molecule has 0 unspecified atom stereocenters. The number of fused-ring (bicyclic) bond motifs is 1. The highest BCUT2D eigenvalue weighted by Gasteiger charge is 2.22. The van der Waals surface area contributed by atoms with Gasteiger partial charge in [-0.25, -0.2) is 9.50 Å². The molecule has 2 aromatic heterocycles. The lowest BCUT2D eigenvalue weighted by Crippen LogP contribution is -2.36. The number of aromatic nitrogens is 3. The van der Waals surface area contributed by atoms with Crippen molar-refractivity contribution in [1.29, 1.82) is 5.26 Å². The third-order valence-electron chi connectivity index (χ3n) is 3.30. The van der Waals surface area contributed by atoms with E-state index in [0.29, 0.717) is 30.2 Å². The average Bonchev–Trinajstić information content (AvgIpc) is 2.78.